The van der Waals surface area contributed by atoms with Crippen LogP contribution in [0.25, 0.3) is 11.1 Å². The first-order chi connectivity index (χ1) is 22.8. The van der Waals surface area contributed by atoms with Crippen molar-refractivity contribution in [2.45, 2.75) is 43.0 Å². The van der Waals surface area contributed by atoms with Crippen molar-refractivity contribution in [1.29, 1.82) is 0 Å². The molecule has 0 aliphatic rings. The summed E-state index contributed by atoms with van der Waals surface area (Å²) < 4.78 is 37.4. The zero-order chi connectivity index (χ0) is 33.2. The number of hydrogen-bond acceptors (Lipinski definition) is 7. The molecule has 2 N–H and O–H groups in total. The maximum atomic E-state index is 11.7. The molecule has 242 valence electrons. The number of rotatable bonds is 13. The van der Waals surface area contributed by atoms with Crippen LogP contribution in [-0.2, 0) is 32.5 Å². The molecule has 0 atom stereocenters. The second kappa shape index (κ2) is 16.1. The Balaban J connectivity index is 1.47. The van der Waals surface area contributed by atoms with E-state index in [2.05, 4.69) is 94.8 Å². The summed E-state index contributed by atoms with van der Waals surface area (Å²) >= 11 is 0.956. The molecular formula is C38H37NO6S2. The highest BCUT2D eigenvalue weighted by Gasteiger charge is 2.13. The number of nitrogens with zero attached hydrogens (tertiary/aromatic N) is 1. The fourth-order valence-corrected chi connectivity index (χ4v) is 6.66. The maximum Gasteiger partial charge on any atom is 0.294 e. The van der Waals surface area contributed by atoms with Crippen LogP contribution in [0.4, 0.5) is 5.69 Å². The Hall–Kier alpha value is -4.22. The van der Waals surface area contributed by atoms with E-state index in [0.29, 0.717) is 6.54 Å². The van der Waals surface area contributed by atoms with Crippen LogP contribution >= 0.6 is 12.0 Å². The van der Waals surface area contributed by atoms with Gasteiger partial charge in [-0.15, -0.1) is 4.33 Å². The van der Waals surface area contributed by atoms with Crippen LogP contribution in [0.1, 0.15) is 42.5 Å². The summed E-state index contributed by atoms with van der Waals surface area (Å²) in [7, 11) is -4.27. The lowest BCUT2D eigenvalue weighted by molar-refractivity contribution is -0.432. The molecular weight excluding hydrogens is 631 g/mol. The summed E-state index contributed by atoms with van der Waals surface area (Å²) in [6, 6.07) is 41.9. The van der Waals surface area contributed by atoms with Gasteiger partial charge in [-0.05, 0) is 94.4 Å². The highest BCUT2D eigenvalue weighted by molar-refractivity contribution is 7.94. The second-order valence-corrected chi connectivity index (χ2v) is 13.2. The van der Waals surface area contributed by atoms with Gasteiger partial charge in [0.2, 0.25) is 0 Å². The molecule has 5 rings (SSSR count). The van der Waals surface area contributed by atoms with Gasteiger partial charge in [-0.1, -0.05) is 109 Å². The maximum absolute atomic E-state index is 11.7. The van der Waals surface area contributed by atoms with Crippen molar-refractivity contribution in [3.05, 3.63) is 160 Å². The number of hydrogen-bond donors (Lipinski definition) is 2. The molecule has 0 heterocycles. The molecule has 0 saturated heterocycles. The lowest BCUT2D eigenvalue weighted by atomic mass is 9.94. The summed E-state index contributed by atoms with van der Waals surface area (Å²) in [5.74, 6) is 0. The van der Waals surface area contributed by atoms with E-state index in [4.69, 9.17) is 5.26 Å². The van der Waals surface area contributed by atoms with Crippen molar-refractivity contribution >= 4 is 39.0 Å². The zero-order valence-electron chi connectivity index (χ0n) is 26.2. The average Bonchev–Trinajstić information content (AvgIpc) is 3.10. The topological polar surface area (TPSA) is 96.3 Å². The van der Waals surface area contributed by atoms with Crippen LogP contribution in [0, 0.1) is 0 Å². The molecule has 5 aromatic carbocycles. The van der Waals surface area contributed by atoms with Gasteiger partial charge < -0.3 is 4.90 Å². The van der Waals surface area contributed by atoms with Crippen molar-refractivity contribution in [3.8, 4) is 0 Å². The molecule has 0 bridgehead atoms. The van der Waals surface area contributed by atoms with Crippen molar-refractivity contribution in [1.82, 2.24) is 0 Å². The molecule has 0 saturated carbocycles. The Morgan fingerprint density at radius 2 is 1.40 bits per heavy atom. The van der Waals surface area contributed by atoms with E-state index in [1.165, 1.54) is 22.9 Å². The smallest absolute Gasteiger partial charge is 0.294 e. The first-order valence-corrected chi connectivity index (χ1v) is 17.5. The van der Waals surface area contributed by atoms with Gasteiger partial charge in [0.15, 0.2) is 0 Å². The summed E-state index contributed by atoms with van der Waals surface area (Å²) in [4.78, 5) is 2.89. The van der Waals surface area contributed by atoms with Gasteiger partial charge >= 0.3 is 0 Å². The molecule has 47 heavy (non-hydrogen) atoms. The predicted molar refractivity (Wildman–Crippen MR) is 188 cm³/mol. The van der Waals surface area contributed by atoms with Crippen molar-refractivity contribution < 1.29 is 27.6 Å². The van der Waals surface area contributed by atoms with Gasteiger partial charge in [-0.2, -0.15) is 8.42 Å². The summed E-state index contributed by atoms with van der Waals surface area (Å²) in [6.45, 7) is 5.44. The van der Waals surface area contributed by atoms with Crippen LogP contribution in [-0.4, -0.2) is 24.8 Å². The average molecular weight is 668 g/mol. The van der Waals surface area contributed by atoms with E-state index >= 15 is 0 Å². The van der Waals surface area contributed by atoms with E-state index in [-0.39, 0.29) is 4.90 Å². The Bertz CT molecular complexity index is 2010. The fourth-order valence-electron chi connectivity index (χ4n) is 5.67. The normalized spacial score (nSPS) is 11.3. The first kappa shape index (κ1) is 34.1. The van der Waals surface area contributed by atoms with Crippen LogP contribution in [0.2, 0.25) is 0 Å². The molecule has 9 heteroatoms. The van der Waals surface area contributed by atoms with Crippen LogP contribution < -0.4 is 15.3 Å². The van der Waals surface area contributed by atoms with Gasteiger partial charge in [0.1, 0.15) is 0 Å². The van der Waals surface area contributed by atoms with E-state index in [1.54, 1.807) is 6.07 Å². The molecule has 0 amide bonds. The molecule has 0 aliphatic heterocycles. The second-order valence-electron chi connectivity index (χ2n) is 11.0. The largest absolute Gasteiger partial charge is 0.367 e. The van der Waals surface area contributed by atoms with Gasteiger partial charge in [0.05, 0.1) is 16.9 Å². The lowest BCUT2D eigenvalue weighted by Gasteiger charge is -2.24. The van der Waals surface area contributed by atoms with Crippen molar-refractivity contribution in [2.75, 3.05) is 11.4 Å². The molecule has 0 spiro atoms. The SMILES string of the molecule is CCC(Cc1cccc(SOOO)c1)=c1ccc(=C(c2ccccc2)c2ccc(N(CC)Cc3cccc(S(=O)(=O)O)c3)cc2)cc1. The predicted octanol–water partition coefficient (Wildman–Crippen LogP) is 7.44. The Kier molecular flexibility index (Phi) is 11.7. The standard InChI is InChI=1S/C38H37NO6S2/c1-3-30(24-28-10-8-14-36(25-28)46-45-44-40)31-16-18-33(19-17-31)38(32-12-6-5-7-13-32)34-20-22-35(23-21-34)39(4-2)27-29-11-9-15-37(26-29)47(41,42)43/h5-23,25-26,40H,3-4,24,27H2,1-2H3,(H,41,42,43). The van der Waals surface area contributed by atoms with Crippen molar-refractivity contribution in [2.24, 2.45) is 0 Å². The highest BCUT2D eigenvalue weighted by Crippen LogP contribution is 2.26. The van der Waals surface area contributed by atoms with Gasteiger partial charge in [0.25, 0.3) is 10.1 Å². The third-order valence-electron chi connectivity index (χ3n) is 8.02. The molecule has 0 radical (unpaired) electrons. The summed E-state index contributed by atoms with van der Waals surface area (Å²) in [6.07, 6.45) is 1.69. The molecule has 7 nitrogen and oxygen atoms in total. The number of anilines is 1. The van der Waals surface area contributed by atoms with E-state index in [0.717, 1.165) is 75.1 Å². The van der Waals surface area contributed by atoms with Crippen LogP contribution in [0.3, 0.4) is 0 Å². The zero-order valence-corrected chi connectivity index (χ0v) is 27.9. The minimum atomic E-state index is -4.27. The van der Waals surface area contributed by atoms with E-state index in [1.807, 2.05) is 42.5 Å². The van der Waals surface area contributed by atoms with E-state index in [9.17, 15) is 13.0 Å². The monoisotopic (exact) mass is 667 g/mol. The highest BCUT2D eigenvalue weighted by atomic mass is 32.2. The first-order valence-electron chi connectivity index (χ1n) is 15.3. The quantitative estimate of drug-likeness (QED) is 0.0579. The minimum Gasteiger partial charge on any atom is -0.367 e. The summed E-state index contributed by atoms with van der Waals surface area (Å²) in [5, 5.41) is 14.5. The van der Waals surface area contributed by atoms with Crippen molar-refractivity contribution in [3.63, 3.8) is 0 Å². The van der Waals surface area contributed by atoms with Crippen LogP contribution in [0.15, 0.2) is 137 Å². The number of benzene rings is 5. The van der Waals surface area contributed by atoms with E-state index < -0.39 is 10.1 Å². The van der Waals surface area contributed by atoms with Gasteiger partial charge in [0, 0.05) is 23.7 Å². The Labute approximate surface area is 280 Å². The third-order valence-corrected chi connectivity index (χ3v) is 9.45. The van der Waals surface area contributed by atoms with Crippen LogP contribution in [0.5, 0.6) is 0 Å². The summed E-state index contributed by atoms with van der Waals surface area (Å²) in [5.41, 5.74) is 7.58. The minimum absolute atomic E-state index is 0.105. The van der Waals surface area contributed by atoms with Gasteiger partial charge in [-0.25, -0.2) is 5.26 Å². The Morgan fingerprint density at radius 3 is 2.06 bits per heavy atom. The molecule has 0 fully saturated rings. The molecule has 0 unspecified atom stereocenters. The fraction of sp³-hybridized carbons (Fsp3) is 0.158. The third kappa shape index (κ3) is 8.99. The molecule has 0 aliphatic carbocycles. The molecule has 5 aromatic rings. The van der Waals surface area contributed by atoms with Gasteiger partial charge in [-0.3, -0.25) is 4.55 Å². The Morgan fingerprint density at radius 1 is 0.745 bits per heavy atom. The molecule has 0 aromatic heterocycles. The lowest BCUT2D eigenvalue weighted by Crippen LogP contribution is -2.22.